The molecule has 0 atom stereocenters. The molecule has 9 heteroatoms. The van der Waals surface area contributed by atoms with Crippen molar-refractivity contribution in [2.24, 2.45) is 0 Å². The summed E-state index contributed by atoms with van der Waals surface area (Å²) in [6.07, 6.45) is -3.64. The highest BCUT2D eigenvalue weighted by atomic mass is 79.9. The minimum atomic E-state index is -4.45. The van der Waals surface area contributed by atoms with Crippen LogP contribution in [0, 0.1) is 0 Å². The van der Waals surface area contributed by atoms with Gasteiger partial charge in [0, 0.05) is 6.20 Å². The van der Waals surface area contributed by atoms with Crippen LogP contribution < -0.4 is 0 Å². The van der Waals surface area contributed by atoms with E-state index in [0.717, 1.165) is 10.6 Å². The molecule has 0 aliphatic rings. The molecule has 16 heavy (non-hydrogen) atoms. The molecule has 0 radical (unpaired) electrons. The van der Waals surface area contributed by atoms with Crippen LogP contribution in [-0.2, 0) is 6.18 Å². The van der Waals surface area contributed by atoms with Crippen LogP contribution in [-0.4, -0.2) is 20.5 Å². The molecule has 2 rings (SSSR count). The summed E-state index contributed by atoms with van der Waals surface area (Å²) in [7, 11) is 0. The van der Waals surface area contributed by atoms with Gasteiger partial charge in [0.15, 0.2) is 10.7 Å². The molecular weight excluding hydrogens is 313 g/mol. The molecule has 0 bridgehead atoms. The maximum Gasteiger partial charge on any atom is 0.427 e. The van der Waals surface area contributed by atoms with Crippen LogP contribution in [0.3, 0.4) is 0 Å². The molecule has 2 aromatic heterocycles. The monoisotopic (exact) mass is 314 g/mol. The van der Waals surface area contributed by atoms with Gasteiger partial charge in [-0.05, 0) is 15.9 Å². The van der Waals surface area contributed by atoms with Gasteiger partial charge in [-0.2, -0.15) is 13.2 Å². The lowest BCUT2D eigenvalue weighted by atomic mass is 10.5. The van der Waals surface area contributed by atoms with Gasteiger partial charge in [-0.25, -0.2) is 9.78 Å². The van der Waals surface area contributed by atoms with E-state index in [4.69, 9.17) is 5.11 Å². The number of hydrogen-bond donors (Lipinski definition) is 1. The number of carboxylic acids is 1. The third-order valence-electron chi connectivity index (χ3n) is 1.75. The standard InChI is InChI=1S/C7H2BrF3N2O2S/c8-4-3(5(14)15)12-6-13(4)1-2(16-6)7(9,10)11/h1H,(H,14,15). The largest absolute Gasteiger partial charge is 0.476 e. The second-order valence-corrected chi connectivity index (χ2v) is 4.56. The van der Waals surface area contributed by atoms with E-state index in [1.54, 1.807) is 0 Å². The number of rotatable bonds is 1. The van der Waals surface area contributed by atoms with Crippen LogP contribution in [0.25, 0.3) is 4.96 Å². The molecule has 0 saturated heterocycles. The van der Waals surface area contributed by atoms with Gasteiger partial charge in [0.2, 0.25) is 0 Å². The Morgan fingerprint density at radius 1 is 1.56 bits per heavy atom. The van der Waals surface area contributed by atoms with E-state index in [9.17, 15) is 18.0 Å². The van der Waals surface area contributed by atoms with Gasteiger partial charge in [-0.1, -0.05) is 11.3 Å². The number of alkyl halides is 3. The number of thiazole rings is 1. The Bertz CT molecular complexity index is 574. The minimum absolute atomic E-state index is 0.00162. The maximum atomic E-state index is 12.3. The highest BCUT2D eigenvalue weighted by Crippen LogP contribution is 2.36. The van der Waals surface area contributed by atoms with Gasteiger partial charge >= 0.3 is 12.1 Å². The fraction of sp³-hybridized carbons (Fsp3) is 0.143. The smallest absolute Gasteiger partial charge is 0.427 e. The Kier molecular flexibility index (Phi) is 2.46. The summed E-state index contributed by atoms with van der Waals surface area (Å²) < 4.78 is 38.1. The van der Waals surface area contributed by atoms with Crippen molar-refractivity contribution < 1.29 is 23.1 Å². The lowest BCUT2D eigenvalue weighted by Crippen LogP contribution is -2.02. The fourth-order valence-corrected chi connectivity index (χ4v) is 2.58. The lowest BCUT2D eigenvalue weighted by Gasteiger charge is -1.99. The number of nitrogens with zero attached hydrogens (tertiary/aromatic N) is 2. The maximum absolute atomic E-state index is 12.3. The number of halogens is 4. The molecule has 0 aliphatic heterocycles. The molecule has 0 aliphatic carbocycles. The first kappa shape index (κ1) is 11.4. The molecular formula is C7H2BrF3N2O2S. The van der Waals surface area contributed by atoms with Gasteiger partial charge in [0.05, 0.1) is 0 Å². The lowest BCUT2D eigenvalue weighted by molar-refractivity contribution is -0.134. The van der Waals surface area contributed by atoms with E-state index in [-0.39, 0.29) is 15.3 Å². The van der Waals surface area contributed by atoms with Crippen LogP contribution in [0.5, 0.6) is 0 Å². The van der Waals surface area contributed by atoms with Crippen LogP contribution in [0.15, 0.2) is 10.8 Å². The Hall–Kier alpha value is -1.09. The molecule has 4 nitrogen and oxygen atoms in total. The first-order chi connectivity index (χ1) is 7.30. The van der Waals surface area contributed by atoms with E-state index in [1.807, 2.05) is 0 Å². The van der Waals surface area contributed by atoms with E-state index < -0.39 is 17.0 Å². The van der Waals surface area contributed by atoms with Crippen molar-refractivity contribution in [2.45, 2.75) is 6.18 Å². The van der Waals surface area contributed by atoms with Gasteiger partial charge in [0.25, 0.3) is 0 Å². The number of aromatic carboxylic acids is 1. The summed E-state index contributed by atoms with van der Waals surface area (Å²) in [5.41, 5.74) is -0.306. The van der Waals surface area contributed by atoms with Crippen LogP contribution >= 0.6 is 27.3 Å². The fourth-order valence-electron chi connectivity index (χ4n) is 1.09. The number of hydrogen-bond acceptors (Lipinski definition) is 3. The number of carbonyl (C=O) groups is 1. The zero-order chi connectivity index (χ0) is 12.1. The van der Waals surface area contributed by atoms with Crippen LogP contribution in [0.2, 0.25) is 0 Å². The average Bonchev–Trinajstić information content (AvgIpc) is 2.64. The molecule has 2 heterocycles. The second kappa shape index (κ2) is 3.45. The third-order valence-corrected chi connectivity index (χ3v) is 3.53. The zero-order valence-corrected chi connectivity index (χ0v) is 9.65. The molecule has 0 unspecified atom stereocenters. The van der Waals surface area contributed by atoms with Gasteiger partial charge in [-0.15, -0.1) is 0 Å². The Labute approximate surface area is 98.5 Å². The molecule has 0 amide bonds. The summed E-state index contributed by atoms with van der Waals surface area (Å²) >= 11 is 3.28. The van der Waals surface area contributed by atoms with Crippen molar-refractivity contribution in [3.05, 3.63) is 21.4 Å². The van der Waals surface area contributed by atoms with Crippen LogP contribution in [0.1, 0.15) is 15.4 Å². The van der Waals surface area contributed by atoms with Gasteiger partial charge in [0.1, 0.15) is 9.48 Å². The summed E-state index contributed by atoms with van der Waals surface area (Å²) in [6, 6.07) is 0. The van der Waals surface area contributed by atoms with Crippen molar-refractivity contribution in [3.63, 3.8) is 0 Å². The van der Waals surface area contributed by atoms with Crippen molar-refractivity contribution in [1.82, 2.24) is 9.38 Å². The number of aromatic nitrogens is 2. The van der Waals surface area contributed by atoms with E-state index in [2.05, 4.69) is 20.9 Å². The second-order valence-electron chi connectivity index (χ2n) is 2.80. The quantitative estimate of drug-likeness (QED) is 0.880. The average molecular weight is 315 g/mol. The zero-order valence-electron chi connectivity index (χ0n) is 7.25. The number of fused-ring (bicyclic) bond motifs is 1. The van der Waals surface area contributed by atoms with Crippen molar-refractivity contribution in [2.75, 3.05) is 0 Å². The molecule has 0 fully saturated rings. The highest BCUT2D eigenvalue weighted by Gasteiger charge is 2.34. The first-order valence-electron chi connectivity index (χ1n) is 3.78. The van der Waals surface area contributed by atoms with E-state index in [0.29, 0.717) is 11.3 Å². The Balaban J connectivity index is 2.63. The molecule has 0 spiro atoms. The molecule has 0 saturated carbocycles. The van der Waals surface area contributed by atoms with Gasteiger partial charge < -0.3 is 5.11 Å². The summed E-state index contributed by atoms with van der Waals surface area (Å²) in [4.78, 5) is 13.4. The normalized spacial score (nSPS) is 12.2. The predicted molar refractivity (Wildman–Crippen MR) is 52.7 cm³/mol. The molecule has 1 N–H and O–H groups in total. The summed E-state index contributed by atoms with van der Waals surface area (Å²) in [6.45, 7) is 0. The predicted octanol–water partition coefficient (Wildman–Crippen LogP) is 2.88. The number of carboxylic acid groups (broad SMARTS) is 1. The van der Waals surface area contributed by atoms with Crippen molar-refractivity contribution in [1.29, 1.82) is 0 Å². The van der Waals surface area contributed by atoms with Crippen LogP contribution in [0.4, 0.5) is 13.2 Å². The Morgan fingerprint density at radius 3 is 2.62 bits per heavy atom. The van der Waals surface area contributed by atoms with E-state index in [1.165, 1.54) is 0 Å². The molecule has 2 aromatic rings. The molecule has 0 aromatic carbocycles. The number of imidazole rings is 1. The highest BCUT2D eigenvalue weighted by molar-refractivity contribution is 9.10. The minimum Gasteiger partial charge on any atom is -0.476 e. The SMILES string of the molecule is O=C(O)c1nc2sc(C(F)(F)F)cn2c1Br. The van der Waals surface area contributed by atoms with E-state index >= 15 is 0 Å². The Morgan fingerprint density at radius 2 is 2.19 bits per heavy atom. The van der Waals surface area contributed by atoms with Crippen molar-refractivity contribution >= 4 is 38.2 Å². The molecule has 86 valence electrons. The van der Waals surface area contributed by atoms with Gasteiger partial charge in [-0.3, -0.25) is 4.40 Å². The summed E-state index contributed by atoms with van der Waals surface area (Å²) in [5.74, 6) is -1.30. The first-order valence-corrected chi connectivity index (χ1v) is 5.39. The van der Waals surface area contributed by atoms with Crippen molar-refractivity contribution in [3.8, 4) is 0 Å². The third kappa shape index (κ3) is 1.69. The topological polar surface area (TPSA) is 54.6 Å². The summed E-state index contributed by atoms with van der Waals surface area (Å²) in [5, 5.41) is 8.69.